The van der Waals surface area contributed by atoms with Crippen LogP contribution >= 0.6 is 23.4 Å². The van der Waals surface area contributed by atoms with E-state index in [9.17, 15) is 4.79 Å². The Kier molecular flexibility index (Phi) is 3.05. The monoisotopic (exact) mass is 209 g/mol. The van der Waals surface area contributed by atoms with Crippen LogP contribution in [0.15, 0.2) is 9.95 Å². The maximum Gasteiger partial charge on any atom is 0.379 e. The fraction of sp³-hybridized carbons (Fsp3) is 0.600. The molecule has 0 saturated carbocycles. The van der Waals surface area contributed by atoms with Crippen molar-refractivity contribution in [2.24, 2.45) is 7.05 Å². The number of hydrogen-bond acceptors (Lipinski definition) is 4. The van der Waals surface area contributed by atoms with Crippen molar-refractivity contribution in [1.82, 2.24) is 14.5 Å². The second kappa shape index (κ2) is 3.86. The van der Waals surface area contributed by atoms with Gasteiger partial charge in [0.2, 0.25) is 5.16 Å². The topological polar surface area (TPSA) is 60.1 Å². The van der Waals surface area contributed by atoms with E-state index in [1.54, 1.807) is 0 Å². The lowest BCUT2D eigenvalue weighted by Gasteiger charge is -1.93. The minimum Gasteiger partial charge on any atom is -0.422 e. The number of rotatable bonds is 3. The Hall–Kier alpha value is -0.620. The van der Waals surface area contributed by atoms with E-state index < -0.39 is 5.69 Å². The number of nitrogens with zero attached hydrogens (tertiary/aromatic N) is 3. The highest BCUT2D eigenvalue weighted by molar-refractivity contribution is 7.99. The van der Waals surface area contributed by atoms with Gasteiger partial charge in [0, 0.05) is 18.7 Å². The number of aromatic nitrogens is 3. The Morgan fingerprint density at radius 3 is 2.83 bits per heavy atom. The molecule has 0 unspecified atom stereocenters. The summed E-state index contributed by atoms with van der Waals surface area (Å²) in [6.07, 6.45) is 0. The van der Waals surface area contributed by atoms with Crippen LogP contribution in [0.1, 0.15) is 0 Å². The summed E-state index contributed by atoms with van der Waals surface area (Å²) in [5.41, 5.74) is -0.549. The molecular weight excluding hydrogens is 202 g/mol. The highest BCUT2D eigenvalue weighted by Gasteiger charge is 2.08. The Balaban J connectivity index is 2.86. The maximum atomic E-state index is 10.9. The molecule has 1 N–H and O–H groups in total. The predicted molar refractivity (Wildman–Crippen MR) is 46.1 cm³/mol. The van der Waals surface area contributed by atoms with Crippen molar-refractivity contribution < 1.29 is 5.21 Å². The van der Waals surface area contributed by atoms with E-state index in [1.807, 2.05) is 0 Å². The van der Waals surface area contributed by atoms with E-state index in [-0.39, 0.29) is 5.16 Å². The summed E-state index contributed by atoms with van der Waals surface area (Å²) in [5.74, 6) is 1.06. The zero-order valence-electron chi connectivity index (χ0n) is 6.40. The molecule has 68 valence electrons. The maximum absolute atomic E-state index is 10.9. The average molecular weight is 210 g/mol. The van der Waals surface area contributed by atoms with Gasteiger partial charge >= 0.3 is 5.69 Å². The largest absolute Gasteiger partial charge is 0.422 e. The first kappa shape index (κ1) is 9.47. The smallest absolute Gasteiger partial charge is 0.379 e. The van der Waals surface area contributed by atoms with Gasteiger partial charge in [0.05, 0.1) is 0 Å². The average Bonchev–Trinajstić information content (AvgIpc) is 2.30. The van der Waals surface area contributed by atoms with Gasteiger partial charge < -0.3 is 5.21 Å². The molecule has 0 aliphatic heterocycles. The van der Waals surface area contributed by atoms with Crippen LogP contribution in [-0.2, 0) is 7.05 Å². The van der Waals surface area contributed by atoms with E-state index in [4.69, 9.17) is 16.8 Å². The second-order valence-corrected chi connectivity index (χ2v) is 3.48. The predicted octanol–water partition coefficient (Wildman–Crippen LogP) is 0.150. The van der Waals surface area contributed by atoms with Crippen molar-refractivity contribution >= 4 is 23.4 Å². The normalized spacial score (nSPS) is 10.5. The molecule has 0 atom stereocenters. The van der Waals surface area contributed by atoms with Gasteiger partial charge in [-0.05, 0) is 0 Å². The van der Waals surface area contributed by atoms with Crippen LogP contribution in [0.2, 0.25) is 0 Å². The lowest BCUT2D eigenvalue weighted by atomic mass is 11.0. The Morgan fingerprint density at radius 1 is 1.75 bits per heavy atom. The molecule has 1 aromatic heterocycles. The first-order chi connectivity index (χ1) is 5.66. The minimum atomic E-state index is -0.549. The number of halogens is 1. The van der Waals surface area contributed by atoms with Gasteiger partial charge in [-0.3, -0.25) is 0 Å². The van der Waals surface area contributed by atoms with E-state index in [2.05, 4.69) is 5.10 Å². The van der Waals surface area contributed by atoms with Crippen molar-refractivity contribution in [3.05, 3.63) is 10.5 Å². The fourth-order valence-electron chi connectivity index (χ4n) is 0.652. The van der Waals surface area contributed by atoms with Crippen LogP contribution < -0.4 is 5.69 Å². The number of alkyl halides is 1. The van der Waals surface area contributed by atoms with Crippen molar-refractivity contribution in [1.29, 1.82) is 0 Å². The summed E-state index contributed by atoms with van der Waals surface area (Å²) in [7, 11) is 1.47. The zero-order chi connectivity index (χ0) is 9.14. The van der Waals surface area contributed by atoms with E-state index >= 15 is 0 Å². The molecule has 0 spiro atoms. The lowest BCUT2D eigenvalue weighted by molar-refractivity contribution is 0.149. The molecule has 12 heavy (non-hydrogen) atoms. The van der Waals surface area contributed by atoms with Crippen LogP contribution in [-0.4, -0.2) is 31.4 Å². The zero-order valence-corrected chi connectivity index (χ0v) is 7.97. The van der Waals surface area contributed by atoms with Crippen LogP contribution in [0.4, 0.5) is 0 Å². The number of hydrogen-bond donors (Lipinski definition) is 1. The molecule has 0 fully saturated rings. The summed E-state index contributed by atoms with van der Waals surface area (Å²) in [6, 6.07) is 0. The van der Waals surface area contributed by atoms with Crippen LogP contribution in [0, 0.1) is 0 Å². The van der Waals surface area contributed by atoms with Crippen molar-refractivity contribution in [2.45, 2.75) is 5.16 Å². The summed E-state index contributed by atoms with van der Waals surface area (Å²) < 4.78 is 1.58. The van der Waals surface area contributed by atoms with E-state index in [1.165, 1.54) is 18.8 Å². The summed E-state index contributed by atoms with van der Waals surface area (Å²) in [4.78, 5) is 10.9. The van der Waals surface area contributed by atoms with Crippen LogP contribution in [0.25, 0.3) is 0 Å². The van der Waals surface area contributed by atoms with Crippen molar-refractivity contribution in [2.75, 3.05) is 11.6 Å². The molecular formula is C5H8ClN3O2S. The van der Waals surface area contributed by atoms with Crippen LogP contribution in [0.5, 0.6) is 0 Å². The summed E-state index contributed by atoms with van der Waals surface area (Å²) in [5, 5.41) is 13.1. The van der Waals surface area contributed by atoms with Crippen molar-refractivity contribution in [3.8, 4) is 0 Å². The van der Waals surface area contributed by atoms with Crippen LogP contribution in [0.3, 0.4) is 0 Å². The van der Waals surface area contributed by atoms with Gasteiger partial charge in [-0.1, -0.05) is 11.8 Å². The summed E-state index contributed by atoms with van der Waals surface area (Å²) in [6.45, 7) is 0. The quantitative estimate of drug-likeness (QED) is 0.438. The summed E-state index contributed by atoms with van der Waals surface area (Å²) >= 11 is 6.66. The van der Waals surface area contributed by atoms with Gasteiger partial charge in [0.25, 0.3) is 0 Å². The van der Waals surface area contributed by atoms with E-state index in [0.29, 0.717) is 16.4 Å². The molecule has 1 heterocycles. The number of thioether (sulfide) groups is 1. The third-order valence-corrected chi connectivity index (χ3v) is 2.52. The third kappa shape index (κ3) is 1.75. The standard InChI is InChI=1S/C5H8ClN3O2S/c1-8-5(10)9(11)4(7-8)12-3-2-6/h11H,2-3H2,1H3. The molecule has 5 nitrogen and oxygen atoms in total. The molecule has 1 aromatic rings. The van der Waals surface area contributed by atoms with E-state index in [0.717, 1.165) is 4.68 Å². The lowest BCUT2D eigenvalue weighted by Crippen LogP contribution is -2.20. The van der Waals surface area contributed by atoms with Gasteiger partial charge in [-0.25, -0.2) is 9.48 Å². The molecule has 7 heteroatoms. The Morgan fingerprint density at radius 2 is 2.42 bits per heavy atom. The first-order valence-electron chi connectivity index (χ1n) is 3.21. The SMILES string of the molecule is Cn1nc(SCCCl)n(O)c1=O. The molecule has 0 saturated heterocycles. The Bertz CT molecular complexity index is 321. The molecule has 0 aliphatic rings. The second-order valence-electron chi connectivity index (χ2n) is 2.04. The highest BCUT2D eigenvalue weighted by Crippen LogP contribution is 2.11. The van der Waals surface area contributed by atoms with Gasteiger partial charge in [0.1, 0.15) is 0 Å². The minimum absolute atomic E-state index is 0.267. The molecule has 0 amide bonds. The van der Waals surface area contributed by atoms with Gasteiger partial charge in [-0.2, -0.15) is 0 Å². The third-order valence-electron chi connectivity index (χ3n) is 1.18. The first-order valence-corrected chi connectivity index (χ1v) is 4.73. The molecule has 0 radical (unpaired) electrons. The molecule has 0 aliphatic carbocycles. The van der Waals surface area contributed by atoms with Crippen molar-refractivity contribution in [3.63, 3.8) is 0 Å². The molecule has 0 bridgehead atoms. The Labute approximate surface area is 77.9 Å². The highest BCUT2D eigenvalue weighted by atomic mass is 35.5. The fourth-order valence-corrected chi connectivity index (χ4v) is 1.52. The van der Waals surface area contributed by atoms with Gasteiger partial charge in [-0.15, -0.1) is 21.4 Å². The molecule has 0 aromatic carbocycles. The van der Waals surface area contributed by atoms with Gasteiger partial charge in [0.15, 0.2) is 0 Å². The molecule has 1 rings (SSSR count). The number of aryl methyl sites for hydroxylation is 1.